The maximum absolute atomic E-state index is 12.0. The first-order valence-corrected chi connectivity index (χ1v) is 10.5. The van der Waals surface area contributed by atoms with Gasteiger partial charge in [0.2, 0.25) is 11.9 Å². The van der Waals surface area contributed by atoms with Gasteiger partial charge in [-0.05, 0) is 30.7 Å². The van der Waals surface area contributed by atoms with Gasteiger partial charge < -0.3 is 20.9 Å². The number of fused-ring (bicyclic) bond motifs is 3. The molecule has 4 heterocycles. The molecule has 0 spiro atoms. The molecule has 0 aliphatic rings. The second kappa shape index (κ2) is 8.32. The average molecular weight is 455 g/mol. The van der Waals surface area contributed by atoms with E-state index >= 15 is 0 Å². The first-order valence-electron chi connectivity index (χ1n) is 10.5. The molecule has 10 nitrogen and oxygen atoms in total. The number of hydrogen-bond acceptors (Lipinski definition) is 8. The fraction of sp³-hybridized carbons (Fsp3) is 0.125. The monoisotopic (exact) mass is 455 g/mol. The lowest BCUT2D eigenvalue weighted by Crippen LogP contribution is -2.14. The maximum atomic E-state index is 12.0. The highest BCUT2D eigenvalue weighted by molar-refractivity contribution is 6.08. The van der Waals surface area contributed by atoms with Crippen LogP contribution in [0.5, 0.6) is 5.75 Å². The molecular formula is C24H21N7O3. The van der Waals surface area contributed by atoms with Crippen molar-refractivity contribution in [2.24, 2.45) is 0 Å². The molecule has 1 aromatic carbocycles. The zero-order valence-electron chi connectivity index (χ0n) is 18.4. The van der Waals surface area contributed by atoms with E-state index in [1.807, 2.05) is 37.3 Å². The van der Waals surface area contributed by atoms with Crippen molar-refractivity contribution in [2.45, 2.75) is 13.0 Å². The Hall–Kier alpha value is -4.73. The van der Waals surface area contributed by atoms with E-state index in [9.17, 15) is 9.90 Å². The van der Waals surface area contributed by atoms with E-state index in [4.69, 9.17) is 10.5 Å². The Kier molecular flexibility index (Phi) is 5.17. The Balaban J connectivity index is 1.86. The van der Waals surface area contributed by atoms with E-state index in [1.54, 1.807) is 36.0 Å². The minimum atomic E-state index is -1.16. The maximum Gasteiger partial charge on any atom is 0.354 e. The van der Waals surface area contributed by atoms with Gasteiger partial charge in [-0.3, -0.25) is 4.40 Å². The smallest absolute Gasteiger partial charge is 0.354 e. The van der Waals surface area contributed by atoms with Gasteiger partial charge in [-0.15, -0.1) is 0 Å². The van der Waals surface area contributed by atoms with E-state index < -0.39 is 5.97 Å². The molecule has 34 heavy (non-hydrogen) atoms. The number of aromatic carboxylic acids is 1. The van der Waals surface area contributed by atoms with Gasteiger partial charge in [0.1, 0.15) is 5.75 Å². The number of nitrogens with two attached hydrogens (primary N) is 1. The fourth-order valence-corrected chi connectivity index (χ4v) is 4.04. The number of ether oxygens (including phenoxy) is 1. The minimum Gasteiger partial charge on any atom is -0.496 e. The van der Waals surface area contributed by atoms with Crippen LogP contribution in [0.3, 0.4) is 0 Å². The lowest BCUT2D eigenvalue weighted by atomic mass is 10.1. The number of benzene rings is 1. The van der Waals surface area contributed by atoms with E-state index in [1.165, 1.54) is 6.07 Å². The van der Waals surface area contributed by atoms with Gasteiger partial charge in [-0.1, -0.05) is 30.3 Å². The third-order valence-corrected chi connectivity index (χ3v) is 5.58. The molecule has 10 heteroatoms. The number of hydrogen-bond donors (Lipinski definition) is 3. The molecule has 0 aliphatic heterocycles. The molecule has 0 saturated carbocycles. The van der Waals surface area contributed by atoms with Gasteiger partial charge in [0.25, 0.3) is 0 Å². The number of methoxy groups -OCH3 is 1. The van der Waals surface area contributed by atoms with Crippen molar-refractivity contribution in [3.8, 4) is 17.0 Å². The molecule has 0 radical (unpaired) electrons. The van der Waals surface area contributed by atoms with E-state index in [0.29, 0.717) is 39.5 Å². The molecule has 5 aromatic rings. The normalized spacial score (nSPS) is 12.1. The lowest BCUT2D eigenvalue weighted by Gasteiger charge is -2.17. The van der Waals surface area contributed by atoms with Crippen molar-refractivity contribution < 1.29 is 14.6 Å². The molecule has 170 valence electrons. The summed E-state index contributed by atoms with van der Waals surface area (Å²) in [6, 6.07) is 14.6. The van der Waals surface area contributed by atoms with Gasteiger partial charge >= 0.3 is 5.97 Å². The SMILES string of the molecule is COc1ccnc2c1c(-c1ccnc(N)n1)c1cc(C(=O)O)nc(NC(C)c3ccccc3)n12. The van der Waals surface area contributed by atoms with Crippen LogP contribution in [0.1, 0.15) is 29.0 Å². The largest absolute Gasteiger partial charge is 0.496 e. The number of nitrogen functional groups attached to an aromatic ring is 1. The first kappa shape index (κ1) is 21.1. The second-order valence-electron chi connectivity index (χ2n) is 7.65. The third kappa shape index (κ3) is 3.51. The van der Waals surface area contributed by atoms with Crippen molar-refractivity contribution in [3.05, 3.63) is 72.2 Å². The number of carboxylic acid groups (broad SMARTS) is 1. The number of nitrogens with zero attached hydrogens (tertiary/aromatic N) is 5. The van der Waals surface area contributed by atoms with Crippen LogP contribution in [-0.4, -0.2) is 42.5 Å². The molecule has 0 bridgehead atoms. The molecular weight excluding hydrogens is 434 g/mol. The number of rotatable bonds is 6. The first-order chi connectivity index (χ1) is 16.5. The van der Waals surface area contributed by atoms with Crippen molar-refractivity contribution in [2.75, 3.05) is 18.2 Å². The average Bonchev–Trinajstić information content (AvgIpc) is 3.19. The van der Waals surface area contributed by atoms with Gasteiger partial charge in [0, 0.05) is 18.0 Å². The number of nitrogens with one attached hydrogen (secondary N) is 1. The summed E-state index contributed by atoms with van der Waals surface area (Å²) in [5.41, 5.74) is 8.97. The predicted molar refractivity (Wildman–Crippen MR) is 128 cm³/mol. The summed E-state index contributed by atoms with van der Waals surface area (Å²) in [4.78, 5) is 29.4. The summed E-state index contributed by atoms with van der Waals surface area (Å²) in [5, 5.41) is 13.8. The summed E-state index contributed by atoms with van der Waals surface area (Å²) in [5.74, 6) is -0.183. The van der Waals surface area contributed by atoms with Crippen LogP contribution in [0, 0.1) is 0 Å². The molecule has 0 saturated heterocycles. The third-order valence-electron chi connectivity index (χ3n) is 5.58. The standard InChI is InChI=1S/C24H21N7O3/c1-13(14-6-4-3-5-7-14)28-24-30-16(22(32)33)12-17-19(15-8-10-27-23(25)29-15)20-18(34-2)9-11-26-21(20)31(17)24/h3-13H,1-2H3,(H,28,30)(H,32,33)(H2,25,27,29). The van der Waals surface area contributed by atoms with Crippen LogP contribution in [0.4, 0.5) is 11.9 Å². The quantitative estimate of drug-likeness (QED) is 0.348. The summed E-state index contributed by atoms with van der Waals surface area (Å²) in [7, 11) is 1.56. The summed E-state index contributed by atoms with van der Waals surface area (Å²) >= 11 is 0. The molecule has 5 rings (SSSR count). The predicted octanol–water partition coefficient (Wildman–Crippen LogP) is 3.80. The Bertz CT molecular complexity index is 1530. The molecule has 4 aromatic heterocycles. The van der Waals surface area contributed by atoms with Gasteiger partial charge in [0.15, 0.2) is 11.3 Å². The molecule has 4 N–H and O–H groups in total. The van der Waals surface area contributed by atoms with Crippen LogP contribution in [-0.2, 0) is 0 Å². The van der Waals surface area contributed by atoms with Gasteiger partial charge in [-0.2, -0.15) is 0 Å². The summed E-state index contributed by atoms with van der Waals surface area (Å²) in [6.07, 6.45) is 3.17. The zero-order chi connectivity index (χ0) is 23.8. The van der Waals surface area contributed by atoms with Crippen LogP contribution < -0.4 is 15.8 Å². The highest BCUT2D eigenvalue weighted by Crippen LogP contribution is 2.40. The van der Waals surface area contributed by atoms with Crippen LogP contribution in [0.15, 0.2) is 60.9 Å². The number of pyridine rings is 1. The van der Waals surface area contributed by atoms with E-state index in [2.05, 4.69) is 25.3 Å². The second-order valence-corrected chi connectivity index (χ2v) is 7.65. The number of carbonyl (C=O) groups is 1. The molecule has 0 aliphatic carbocycles. The molecule has 1 unspecified atom stereocenters. The topological polar surface area (TPSA) is 141 Å². The van der Waals surface area contributed by atoms with Crippen molar-refractivity contribution in [3.63, 3.8) is 0 Å². The van der Waals surface area contributed by atoms with Crippen molar-refractivity contribution in [1.29, 1.82) is 0 Å². The minimum absolute atomic E-state index is 0.0939. The lowest BCUT2D eigenvalue weighted by molar-refractivity contribution is 0.0690. The molecule has 0 amide bonds. The van der Waals surface area contributed by atoms with Gasteiger partial charge in [0.05, 0.1) is 29.7 Å². The zero-order valence-corrected chi connectivity index (χ0v) is 18.4. The van der Waals surface area contributed by atoms with Gasteiger partial charge in [-0.25, -0.2) is 24.7 Å². The fourth-order valence-electron chi connectivity index (χ4n) is 4.04. The van der Waals surface area contributed by atoms with E-state index in [0.717, 1.165) is 5.56 Å². The highest BCUT2D eigenvalue weighted by atomic mass is 16.5. The molecule has 1 atom stereocenters. The Labute approximate surface area is 194 Å². The highest BCUT2D eigenvalue weighted by Gasteiger charge is 2.24. The van der Waals surface area contributed by atoms with Crippen LogP contribution in [0.25, 0.3) is 27.8 Å². The van der Waals surface area contributed by atoms with Crippen molar-refractivity contribution in [1.82, 2.24) is 24.3 Å². The number of carboxylic acids is 1. The van der Waals surface area contributed by atoms with Crippen LogP contribution >= 0.6 is 0 Å². The van der Waals surface area contributed by atoms with Crippen molar-refractivity contribution >= 4 is 34.4 Å². The van der Waals surface area contributed by atoms with E-state index in [-0.39, 0.29) is 17.7 Å². The van der Waals surface area contributed by atoms with Crippen LogP contribution in [0.2, 0.25) is 0 Å². The summed E-state index contributed by atoms with van der Waals surface area (Å²) < 4.78 is 7.41. The summed E-state index contributed by atoms with van der Waals surface area (Å²) in [6.45, 7) is 1.97. The molecule has 0 fully saturated rings. The Morgan fingerprint density at radius 1 is 1.12 bits per heavy atom. The number of anilines is 2. The number of aromatic nitrogens is 5. The Morgan fingerprint density at radius 2 is 1.88 bits per heavy atom. The Morgan fingerprint density at radius 3 is 2.59 bits per heavy atom.